The molecule has 0 radical (unpaired) electrons. The maximum Gasteiger partial charge on any atom is 0.441 e. The summed E-state index contributed by atoms with van der Waals surface area (Å²) >= 11 is 0. The molecule has 0 N–H and O–H groups in total. The van der Waals surface area contributed by atoms with Crippen LogP contribution in [0.3, 0.4) is 0 Å². The molecule has 0 heterocycles. The first-order valence-corrected chi connectivity index (χ1v) is 4.60. The maximum atomic E-state index is 9.56. The SMILES string of the molecule is C[SiH](OC=C=O)OC=C=O. The molecule has 0 amide bonds. The van der Waals surface area contributed by atoms with Crippen molar-refractivity contribution in [3.63, 3.8) is 0 Å². The van der Waals surface area contributed by atoms with Crippen molar-refractivity contribution in [1.82, 2.24) is 0 Å². The van der Waals surface area contributed by atoms with E-state index in [2.05, 4.69) is 8.85 Å². The molecule has 0 aliphatic rings. The van der Waals surface area contributed by atoms with Gasteiger partial charge in [0.1, 0.15) is 0 Å². The van der Waals surface area contributed by atoms with E-state index in [1.807, 2.05) is 0 Å². The van der Waals surface area contributed by atoms with Crippen LogP contribution in [0, 0.1) is 0 Å². The monoisotopic (exact) mass is 158 g/mol. The largest absolute Gasteiger partial charge is 0.511 e. The molecule has 0 aromatic rings. The van der Waals surface area contributed by atoms with Crippen molar-refractivity contribution in [3.8, 4) is 0 Å². The van der Waals surface area contributed by atoms with E-state index in [-0.39, 0.29) is 0 Å². The van der Waals surface area contributed by atoms with Gasteiger partial charge >= 0.3 is 9.28 Å². The third kappa shape index (κ3) is 4.87. The Balaban J connectivity index is 3.52. The van der Waals surface area contributed by atoms with Gasteiger partial charge in [-0.25, -0.2) is 9.59 Å². The van der Waals surface area contributed by atoms with Crippen molar-refractivity contribution < 1.29 is 18.4 Å². The molecular weight excluding hydrogens is 152 g/mol. The van der Waals surface area contributed by atoms with Crippen LogP contribution in [-0.2, 0) is 18.4 Å². The Morgan fingerprint density at radius 1 is 1.20 bits per heavy atom. The summed E-state index contributed by atoms with van der Waals surface area (Å²) < 4.78 is 9.30. The highest BCUT2D eigenvalue weighted by Crippen LogP contribution is 1.86. The summed E-state index contributed by atoms with van der Waals surface area (Å²) in [6.45, 7) is 1.65. The quantitative estimate of drug-likeness (QED) is 0.316. The molecule has 0 aliphatic heterocycles. The van der Waals surface area contributed by atoms with Crippen LogP contribution in [0.25, 0.3) is 0 Å². The van der Waals surface area contributed by atoms with Gasteiger partial charge in [-0.2, -0.15) is 0 Å². The lowest BCUT2D eigenvalue weighted by Gasteiger charge is -2.04. The highest BCUT2D eigenvalue weighted by atomic mass is 28.3. The van der Waals surface area contributed by atoms with Crippen LogP contribution in [0.4, 0.5) is 0 Å². The first-order chi connectivity index (χ1) is 4.81. The number of rotatable bonds is 4. The first kappa shape index (κ1) is 8.72. The van der Waals surface area contributed by atoms with Crippen LogP contribution in [0.15, 0.2) is 12.5 Å². The van der Waals surface area contributed by atoms with E-state index >= 15 is 0 Å². The Labute approximate surface area is 59.6 Å². The Morgan fingerprint density at radius 2 is 1.60 bits per heavy atom. The molecule has 0 bridgehead atoms. The Morgan fingerprint density at radius 3 is 1.90 bits per heavy atom. The van der Waals surface area contributed by atoms with Crippen molar-refractivity contribution >= 4 is 21.2 Å². The van der Waals surface area contributed by atoms with Crippen molar-refractivity contribution in [2.24, 2.45) is 0 Å². The van der Waals surface area contributed by atoms with Gasteiger partial charge in [0.15, 0.2) is 24.4 Å². The number of hydrogen-bond donors (Lipinski definition) is 0. The summed E-state index contributed by atoms with van der Waals surface area (Å²) in [4.78, 5) is 19.1. The van der Waals surface area contributed by atoms with E-state index in [1.165, 1.54) is 11.9 Å². The molecule has 0 aromatic carbocycles. The molecule has 0 rings (SSSR count). The summed E-state index contributed by atoms with van der Waals surface area (Å²) in [5.74, 6) is 2.84. The van der Waals surface area contributed by atoms with Gasteiger partial charge in [0.2, 0.25) is 0 Å². The lowest BCUT2D eigenvalue weighted by atomic mass is 11.1. The molecule has 0 spiro atoms. The highest BCUT2D eigenvalue weighted by Gasteiger charge is 2.01. The molecule has 0 fully saturated rings. The zero-order valence-electron chi connectivity index (χ0n) is 5.37. The molecule has 10 heavy (non-hydrogen) atoms. The van der Waals surface area contributed by atoms with Gasteiger partial charge in [0.25, 0.3) is 0 Å². The minimum atomic E-state index is -1.87. The summed E-state index contributed by atoms with van der Waals surface area (Å²) in [5, 5.41) is 0. The fourth-order valence-corrected chi connectivity index (χ4v) is 0.838. The third-order valence-corrected chi connectivity index (χ3v) is 1.65. The van der Waals surface area contributed by atoms with Gasteiger partial charge in [-0.1, -0.05) is 0 Å². The lowest BCUT2D eigenvalue weighted by molar-refractivity contribution is 0.351. The Kier molecular flexibility index (Phi) is 5.10. The van der Waals surface area contributed by atoms with Gasteiger partial charge in [-0.3, -0.25) is 0 Å². The second-order valence-electron chi connectivity index (χ2n) is 1.31. The maximum absolute atomic E-state index is 9.56. The molecule has 0 aromatic heterocycles. The molecule has 54 valence electrons. The van der Waals surface area contributed by atoms with Crippen LogP contribution in [-0.4, -0.2) is 21.2 Å². The molecule has 0 unspecified atom stereocenters. The Hall–Kier alpha value is -1.28. The molecule has 0 saturated heterocycles. The third-order valence-electron chi connectivity index (χ3n) is 0.616. The summed E-state index contributed by atoms with van der Waals surface area (Å²) in [6.07, 6.45) is 1.74. The zero-order valence-corrected chi connectivity index (χ0v) is 6.52. The standard InChI is InChI=1S/C5H6O4Si/c1-10(8-4-2-6)9-5-3-7/h4-5,10H,1H3. The molecule has 0 saturated carbocycles. The summed E-state index contributed by atoms with van der Waals surface area (Å²) in [6, 6.07) is 0. The van der Waals surface area contributed by atoms with Crippen LogP contribution in [0.1, 0.15) is 0 Å². The summed E-state index contributed by atoms with van der Waals surface area (Å²) in [7, 11) is -1.87. The molecule has 0 aliphatic carbocycles. The topological polar surface area (TPSA) is 52.6 Å². The fourth-order valence-electron chi connectivity index (χ4n) is 0.279. The van der Waals surface area contributed by atoms with Gasteiger partial charge < -0.3 is 8.85 Å². The van der Waals surface area contributed by atoms with E-state index < -0.39 is 9.28 Å². The second-order valence-corrected chi connectivity index (χ2v) is 2.99. The van der Waals surface area contributed by atoms with Crippen LogP contribution in [0.5, 0.6) is 0 Å². The van der Waals surface area contributed by atoms with Crippen molar-refractivity contribution in [2.45, 2.75) is 6.55 Å². The predicted octanol–water partition coefficient (Wildman–Crippen LogP) is -0.440. The predicted molar refractivity (Wildman–Crippen MR) is 35.7 cm³/mol. The van der Waals surface area contributed by atoms with Gasteiger partial charge in [-0.15, -0.1) is 0 Å². The zero-order chi connectivity index (χ0) is 7.82. The first-order valence-electron chi connectivity index (χ1n) is 2.51. The van der Waals surface area contributed by atoms with Gasteiger partial charge in [0.05, 0.1) is 0 Å². The molecule has 5 heteroatoms. The fraction of sp³-hybridized carbons (Fsp3) is 0.200. The van der Waals surface area contributed by atoms with E-state index in [0.717, 1.165) is 12.5 Å². The second kappa shape index (κ2) is 5.85. The van der Waals surface area contributed by atoms with Crippen LogP contribution < -0.4 is 0 Å². The highest BCUT2D eigenvalue weighted by molar-refractivity contribution is 6.43. The number of carbonyl (C=O) groups excluding carboxylic acids is 2. The van der Waals surface area contributed by atoms with Crippen LogP contribution >= 0.6 is 0 Å². The lowest BCUT2D eigenvalue weighted by Crippen LogP contribution is -2.11. The van der Waals surface area contributed by atoms with Crippen LogP contribution in [0.2, 0.25) is 6.55 Å². The van der Waals surface area contributed by atoms with E-state index in [4.69, 9.17) is 0 Å². The minimum Gasteiger partial charge on any atom is -0.511 e. The van der Waals surface area contributed by atoms with Gasteiger partial charge in [-0.05, 0) is 6.55 Å². The smallest absolute Gasteiger partial charge is 0.441 e. The molecule has 4 nitrogen and oxygen atoms in total. The van der Waals surface area contributed by atoms with Crippen molar-refractivity contribution in [2.75, 3.05) is 0 Å². The molecule has 0 atom stereocenters. The minimum absolute atomic E-state index is 0.871. The normalized spacial score (nSPS) is 10.1. The van der Waals surface area contributed by atoms with Crippen molar-refractivity contribution in [1.29, 1.82) is 0 Å². The number of hydrogen-bond acceptors (Lipinski definition) is 4. The molecular formula is C5H6O4Si. The average Bonchev–Trinajstić information content (AvgIpc) is 1.97. The summed E-state index contributed by atoms with van der Waals surface area (Å²) in [5.41, 5.74) is 0. The van der Waals surface area contributed by atoms with E-state index in [9.17, 15) is 9.59 Å². The Bertz CT molecular complexity index is 158. The average molecular weight is 158 g/mol. The van der Waals surface area contributed by atoms with E-state index in [0.29, 0.717) is 0 Å². The van der Waals surface area contributed by atoms with Crippen molar-refractivity contribution in [3.05, 3.63) is 12.5 Å². The van der Waals surface area contributed by atoms with E-state index in [1.54, 1.807) is 6.55 Å². The van der Waals surface area contributed by atoms with Gasteiger partial charge in [0, 0.05) is 0 Å².